The van der Waals surface area contributed by atoms with Gasteiger partial charge in [-0.15, -0.1) is 0 Å². The number of ether oxygens (including phenoxy) is 1. The van der Waals surface area contributed by atoms with Crippen molar-refractivity contribution in [2.75, 3.05) is 13.2 Å². The Morgan fingerprint density at radius 3 is 2.79 bits per heavy atom. The van der Waals surface area contributed by atoms with Gasteiger partial charge >= 0.3 is 0 Å². The quantitative estimate of drug-likeness (QED) is 0.691. The van der Waals surface area contributed by atoms with Crippen molar-refractivity contribution in [1.82, 2.24) is 5.32 Å². The van der Waals surface area contributed by atoms with Crippen LogP contribution in [0.1, 0.15) is 32.6 Å². The molecule has 0 aliphatic carbocycles. The van der Waals surface area contributed by atoms with Gasteiger partial charge in [-0.25, -0.2) is 0 Å². The number of hydrogen-bond donors (Lipinski definition) is 2. The highest BCUT2D eigenvalue weighted by Gasteiger charge is 2.19. The fourth-order valence-corrected chi connectivity index (χ4v) is 1.59. The van der Waals surface area contributed by atoms with Crippen LogP contribution in [-0.4, -0.2) is 31.2 Å². The van der Waals surface area contributed by atoms with Crippen LogP contribution in [0, 0.1) is 0 Å². The van der Waals surface area contributed by atoms with Crippen molar-refractivity contribution in [3.05, 3.63) is 0 Å². The highest BCUT2D eigenvalue weighted by Crippen LogP contribution is 2.06. The van der Waals surface area contributed by atoms with E-state index in [1.807, 2.05) is 6.92 Å². The number of nitrogens with two attached hydrogens (primary N) is 1. The van der Waals surface area contributed by atoms with Gasteiger partial charge in [-0.05, 0) is 19.3 Å². The Bertz CT molecular complexity index is 179. The lowest BCUT2D eigenvalue weighted by Gasteiger charge is -2.24. The van der Waals surface area contributed by atoms with Gasteiger partial charge in [0, 0.05) is 19.3 Å². The van der Waals surface area contributed by atoms with Gasteiger partial charge in [-0.2, -0.15) is 0 Å². The maximum Gasteiger partial charge on any atom is 0.237 e. The summed E-state index contributed by atoms with van der Waals surface area (Å²) in [5.41, 5.74) is 5.70. The molecule has 0 bridgehead atoms. The van der Waals surface area contributed by atoms with Crippen LogP contribution in [0.4, 0.5) is 0 Å². The molecule has 0 aromatic heterocycles. The molecule has 3 N–H and O–H groups in total. The van der Waals surface area contributed by atoms with Crippen molar-refractivity contribution < 1.29 is 9.53 Å². The Labute approximate surface area is 85.2 Å². The van der Waals surface area contributed by atoms with Gasteiger partial charge < -0.3 is 15.8 Å². The van der Waals surface area contributed by atoms with Gasteiger partial charge in [-0.3, -0.25) is 4.79 Å². The molecule has 4 heteroatoms. The van der Waals surface area contributed by atoms with E-state index >= 15 is 0 Å². The van der Waals surface area contributed by atoms with Crippen LogP contribution < -0.4 is 11.1 Å². The Morgan fingerprint density at radius 2 is 2.21 bits per heavy atom. The maximum absolute atomic E-state index is 11.5. The highest BCUT2D eigenvalue weighted by molar-refractivity contribution is 5.81. The van der Waals surface area contributed by atoms with Crippen molar-refractivity contribution in [2.45, 2.75) is 44.7 Å². The Kier molecular flexibility index (Phi) is 4.90. The van der Waals surface area contributed by atoms with Gasteiger partial charge in [0.15, 0.2) is 0 Å². The molecule has 0 aromatic rings. The highest BCUT2D eigenvalue weighted by atomic mass is 16.5. The molecule has 1 amide bonds. The molecular formula is C10H20N2O2. The van der Waals surface area contributed by atoms with E-state index in [0.29, 0.717) is 0 Å². The van der Waals surface area contributed by atoms with Crippen LogP contribution in [0.15, 0.2) is 0 Å². The molecule has 1 aliphatic heterocycles. The van der Waals surface area contributed by atoms with E-state index in [0.717, 1.165) is 38.9 Å². The standard InChI is InChI=1S/C10H20N2O2/c1-2-3-9(11)10(13)12-8-4-6-14-7-5-8/h8-9H,2-7,11H2,1H3,(H,12,13)/t9-/m0/s1. The molecule has 1 rings (SSSR count). The molecule has 1 atom stereocenters. The first-order chi connectivity index (χ1) is 6.74. The minimum Gasteiger partial charge on any atom is -0.381 e. The third-order valence-corrected chi connectivity index (χ3v) is 2.50. The largest absolute Gasteiger partial charge is 0.381 e. The Morgan fingerprint density at radius 1 is 1.57 bits per heavy atom. The summed E-state index contributed by atoms with van der Waals surface area (Å²) in [7, 11) is 0. The third kappa shape index (κ3) is 3.64. The zero-order chi connectivity index (χ0) is 10.4. The zero-order valence-electron chi connectivity index (χ0n) is 8.79. The first-order valence-electron chi connectivity index (χ1n) is 5.37. The van der Waals surface area contributed by atoms with Crippen LogP contribution in [0.5, 0.6) is 0 Å². The lowest BCUT2D eigenvalue weighted by molar-refractivity contribution is -0.123. The van der Waals surface area contributed by atoms with E-state index in [4.69, 9.17) is 10.5 Å². The van der Waals surface area contributed by atoms with Gasteiger partial charge in [0.05, 0.1) is 6.04 Å². The number of carbonyl (C=O) groups is 1. The van der Waals surface area contributed by atoms with E-state index in [1.165, 1.54) is 0 Å². The summed E-state index contributed by atoms with van der Waals surface area (Å²) in [4.78, 5) is 11.5. The normalized spacial score (nSPS) is 20.4. The first kappa shape index (κ1) is 11.5. The van der Waals surface area contributed by atoms with Crippen LogP contribution in [0.25, 0.3) is 0 Å². The van der Waals surface area contributed by atoms with Crippen LogP contribution >= 0.6 is 0 Å². The fraction of sp³-hybridized carbons (Fsp3) is 0.900. The second-order valence-electron chi connectivity index (χ2n) is 3.79. The van der Waals surface area contributed by atoms with Gasteiger partial charge in [-0.1, -0.05) is 13.3 Å². The number of carbonyl (C=O) groups excluding carboxylic acids is 1. The Hall–Kier alpha value is -0.610. The smallest absolute Gasteiger partial charge is 0.237 e. The number of nitrogens with one attached hydrogen (secondary N) is 1. The van der Waals surface area contributed by atoms with Gasteiger partial charge in [0.25, 0.3) is 0 Å². The van der Waals surface area contributed by atoms with Crippen LogP contribution in [-0.2, 0) is 9.53 Å². The lowest BCUT2D eigenvalue weighted by atomic mass is 10.1. The second kappa shape index (κ2) is 5.98. The lowest BCUT2D eigenvalue weighted by Crippen LogP contribution is -2.47. The van der Waals surface area contributed by atoms with E-state index in [1.54, 1.807) is 0 Å². The minimum absolute atomic E-state index is 0.0150. The summed E-state index contributed by atoms with van der Waals surface area (Å²) in [6.45, 7) is 3.52. The van der Waals surface area contributed by atoms with Crippen molar-refractivity contribution >= 4 is 5.91 Å². The SMILES string of the molecule is CCC[C@H](N)C(=O)NC1CCOCC1. The molecule has 82 valence electrons. The molecule has 0 saturated carbocycles. The van der Waals surface area contributed by atoms with Crippen molar-refractivity contribution in [3.63, 3.8) is 0 Å². The molecule has 1 heterocycles. The van der Waals surface area contributed by atoms with Crippen LogP contribution in [0.2, 0.25) is 0 Å². The van der Waals surface area contributed by atoms with Crippen molar-refractivity contribution in [2.24, 2.45) is 5.73 Å². The molecular weight excluding hydrogens is 180 g/mol. The summed E-state index contributed by atoms with van der Waals surface area (Å²) in [5.74, 6) is -0.0150. The van der Waals surface area contributed by atoms with Gasteiger partial charge in [0.1, 0.15) is 0 Å². The summed E-state index contributed by atoms with van der Waals surface area (Å²) in [6, 6.07) is -0.0815. The summed E-state index contributed by atoms with van der Waals surface area (Å²) < 4.78 is 5.21. The van der Waals surface area contributed by atoms with E-state index in [9.17, 15) is 4.79 Å². The summed E-state index contributed by atoms with van der Waals surface area (Å²) in [6.07, 6.45) is 3.52. The topological polar surface area (TPSA) is 64.4 Å². The first-order valence-corrected chi connectivity index (χ1v) is 5.37. The third-order valence-electron chi connectivity index (χ3n) is 2.50. The van der Waals surface area contributed by atoms with Crippen molar-refractivity contribution in [1.29, 1.82) is 0 Å². The maximum atomic E-state index is 11.5. The molecule has 4 nitrogen and oxygen atoms in total. The predicted molar refractivity (Wildman–Crippen MR) is 54.9 cm³/mol. The molecule has 14 heavy (non-hydrogen) atoms. The van der Waals surface area contributed by atoms with E-state index in [-0.39, 0.29) is 18.0 Å². The monoisotopic (exact) mass is 200 g/mol. The van der Waals surface area contributed by atoms with E-state index < -0.39 is 0 Å². The molecule has 0 radical (unpaired) electrons. The summed E-state index contributed by atoms with van der Waals surface area (Å²) in [5, 5.41) is 2.96. The Balaban J connectivity index is 2.24. The van der Waals surface area contributed by atoms with Crippen LogP contribution in [0.3, 0.4) is 0 Å². The minimum atomic E-state index is -0.345. The molecule has 1 fully saturated rings. The molecule has 0 unspecified atom stereocenters. The molecule has 0 aromatic carbocycles. The molecule has 1 aliphatic rings. The number of hydrogen-bond acceptors (Lipinski definition) is 3. The molecule has 1 saturated heterocycles. The summed E-state index contributed by atoms with van der Waals surface area (Å²) >= 11 is 0. The average molecular weight is 200 g/mol. The predicted octanol–water partition coefficient (Wildman–Crippen LogP) is 0.409. The zero-order valence-corrected chi connectivity index (χ0v) is 8.79. The second-order valence-corrected chi connectivity index (χ2v) is 3.79. The van der Waals surface area contributed by atoms with E-state index in [2.05, 4.69) is 5.32 Å². The van der Waals surface area contributed by atoms with Gasteiger partial charge in [0.2, 0.25) is 5.91 Å². The molecule has 0 spiro atoms. The van der Waals surface area contributed by atoms with Crippen molar-refractivity contribution in [3.8, 4) is 0 Å². The fourth-order valence-electron chi connectivity index (χ4n) is 1.59. The number of rotatable bonds is 4. The average Bonchev–Trinajstić information content (AvgIpc) is 2.19. The number of amides is 1.